The molecule has 0 fully saturated rings. The third-order valence-electron chi connectivity index (χ3n) is 2.72. The lowest BCUT2D eigenvalue weighted by atomic mass is 10.3. The number of thioether (sulfide) groups is 1. The fourth-order valence-electron chi connectivity index (χ4n) is 1.59. The molecule has 1 amide bonds. The quantitative estimate of drug-likeness (QED) is 0.191. The zero-order valence-electron chi connectivity index (χ0n) is 14.8. The van der Waals surface area contributed by atoms with Crippen molar-refractivity contribution >= 4 is 37.6 Å². The topological polar surface area (TPSA) is 154 Å². The van der Waals surface area contributed by atoms with Gasteiger partial charge in [0.1, 0.15) is 12.7 Å². The van der Waals surface area contributed by atoms with Crippen LogP contribution in [0.15, 0.2) is 0 Å². The Hall–Kier alpha value is -1.26. The molecular weight excluding hydrogens is 387 g/mol. The lowest BCUT2D eigenvalue weighted by molar-refractivity contribution is -0.154. The molecule has 0 aromatic heterocycles. The average Bonchev–Trinajstić information content (AvgIpc) is 2.54. The molecule has 0 radical (unpaired) electrons. The van der Waals surface area contributed by atoms with Crippen LogP contribution in [0.3, 0.4) is 0 Å². The van der Waals surface area contributed by atoms with Gasteiger partial charge in [-0.25, -0.2) is 0 Å². The third-order valence-corrected chi connectivity index (χ3v) is 4.48. The number of nitrogens with one attached hydrogen (secondary N) is 1. The van der Waals surface area contributed by atoms with Gasteiger partial charge in [-0.2, -0.15) is 16.7 Å². The number of nitrogens with two attached hydrogens (primary N) is 1. The molecule has 0 aliphatic rings. The van der Waals surface area contributed by atoms with E-state index in [2.05, 4.69) is 5.32 Å². The molecule has 3 unspecified atom stereocenters. The van der Waals surface area contributed by atoms with Crippen LogP contribution < -0.4 is 11.1 Å². The van der Waals surface area contributed by atoms with Gasteiger partial charge in [-0.1, -0.05) is 0 Å². The number of hydrogen-bond acceptors (Lipinski definition) is 9. The standard InChI is InChI=1S/C14H25N2O8PS/c1-10(17)23-7-12(24-11(2)18)8-26-9-13(15)14(19)16-3-4-22-5-6-25(20)21/h12-13H,3-9,15H2,1-2H3,(H-,16,19,20,21)/p+1. The van der Waals surface area contributed by atoms with Crippen LogP contribution in [0.5, 0.6) is 0 Å². The Morgan fingerprint density at radius 3 is 2.46 bits per heavy atom. The van der Waals surface area contributed by atoms with E-state index in [4.69, 9.17) is 24.8 Å². The van der Waals surface area contributed by atoms with E-state index in [0.29, 0.717) is 5.75 Å². The van der Waals surface area contributed by atoms with Crippen molar-refractivity contribution in [2.45, 2.75) is 26.0 Å². The first-order valence-corrected chi connectivity index (χ1v) is 10.4. The van der Waals surface area contributed by atoms with Crippen molar-refractivity contribution in [3.05, 3.63) is 0 Å². The van der Waals surface area contributed by atoms with Crippen LogP contribution in [-0.2, 0) is 33.2 Å². The normalized spacial score (nSPS) is 13.5. The molecule has 0 aliphatic heterocycles. The lowest BCUT2D eigenvalue weighted by Crippen LogP contribution is -2.43. The van der Waals surface area contributed by atoms with Crippen molar-refractivity contribution in [1.29, 1.82) is 0 Å². The van der Waals surface area contributed by atoms with Crippen LogP contribution >= 0.6 is 19.8 Å². The molecule has 3 atom stereocenters. The van der Waals surface area contributed by atoms with Gasteiger partial charge < -0.3 is 25.3 Å². The average molecular weight is 413 g/mol. The van der Waals surface area contributed by atoms with Crippen molar-refractivity contribution in [3.8, 4) is 0 Å². The van der Waals surface area contributed by atoms with Gasteiger partial charge in [0.05, 0.1) is 19.3 Å². The minimum Gasteiger partial charge on any atom is -0.462 e. The zero-order valence-corrected chi connectivity index (χ0v) is 16.6. The Balaban J connectivity index is 3.95. The van der Waals surface area contributed by atoms with Gasteiger partial charge in [0.2, 0.25) is 12.1 Å². The Bertz CT molecular complexity index is 480. The van der Waals surface area contributed by atoms with Crippen molar-refractivity contribution < 1.29 is 38.1 Å². The van der Waals surface area contributed by atoms with Crippen LogP contribution in [0.2, 0.25) is 0 Å². The number of carbonyl (C=O) groups is 3. The van der Waals surface area contributed by atoms with Crippen molar-refractivity contribution in [1.82, 2.24) is 5.32 Å². The molecule has 0 saturated heterocycles. The van der Waals surface area contributed by atoms with Gasteiger partial charge in [0.15, 0.2) is 0 Å². The summed E-state index contributed by atoms with van der Waals surface area (Å²) in [5.41, 5.74) is 5.77. The molecular formula is C14H26N2O8PS+. The Labute approximate surface area is 157 Å². The number of hydrogen-bond donors (Lipinski definition) is 3. The summed E-state index contributed by atoms with van der Waals surface area (Å²) in [5, 5.41) is 2.59. The molecule has 0 saturated carbocycles. The summed E-state index contributed by atoms with van der Waals surface area (Å²) in [7, 11) is -2.21. The SMILES string of the molecule is CC(=O)OCC(CSCC(N)C(=O)NCCOCC[P+](=O)O)OC(C)=O. The largest absolute Gasteiger partial charge is 0.507 e. The summed E-state index contributed by atoms with van der Waals surface area (Å²) < 4.78 is 25.4. The fourth-order valence-corrected chi connectivity index (χ4v) is 2.84. The van der Waals surface area contributed by atoms with Crippen LogP contribution in [-0.4, -0.2) is 78.9 Å². The number of ether oxygens (including phenoxy) is 3. The molecule has 12 heteroatoms. The predicted molar refractivity (Wildman–Crippen MR) is 96.0 cm³/mol. The molecule has 0 bridgehead atoms. The van der Waals surface area contributed by atoms with Crippen LogP contribution in [0, 0.1) is 0 Å². The minimum atomic E-state index is -2.21. The smallest absolute Gasteiger partial charge is 0.462 e. The van der Waals surface area contributed by atoms with Crippen LogP contribution in [0.25, 0.3) is 0 Å². The van der Waals surface area contributed by atoms with E-state index in [1.807, 2.05) is 0 Å². The third kappa shape index (κ3) is 15.0. The first kappa shape index (κ1) is 24.7. The molecule has 26 heavy (non-hydrogen) atoms. The second kappa shape index (κ2) is 14.9. The highest BCUT2D eigenvalue weighted by molar-refractivity contribution is 7.99. The first-order valence-electron chi connectivity index (χ1n) is 7.85. The molecule has 0 heterocycles. The van der Waals surface area contributed by atoms with E-state index in [1.165, 1.54) is 25.6 Å². The van der Waals surface area contributed by atoms with Gasteiger partial charge in [-0.05, 0) is 4.57 Å². The zero-order chi connectivity index (χ0) is 19.9. The number of carbonyl (C=O) groups excluding carboxylic acids is 3. The number of esters is 2. The summed E-state index contributed by atoms with van der Waals surface area (Å²) in [6, 6.07) is -0.765. The number of rotatable bonds is 14. The van der Waals surface area contributed by atoms with E-state index < -0.39 is 32.1 Å². The Morgan fingerprint density at radius 1 is 1.19 bits per heavy atom. The monoisotopic (exact) mass is 413 g/mol. The van der Waals surface area contributed by atoms with E-state index >= 15 is 0 Å². The maximum atomic E-state index is 11.8. The van der Waals surface area contributed by atoms with Gasteiger partial charge in [-0.3, -0.25) is 14.4 Å². The summed E-state index contributed by atoms with van der Waals surface area (Å²) in [5.74, 6) is -0.712. The van der Waals surface area contributed by atoms with Crippen molar-refractivity contribution in [2.24, 2.45) is 5.73 Å². The molecule has 0 rings (SSSR count). The van der Waals surface area contributed by atoms with Crippen molar-refractivity contribution in [2.75, 3.05) is 44.0 Å². The van der Waals surface area contributed by atoms with E-state index in [0.717, 1.165) is 0 Å². The van der Waals surface area contributed by atoms with Gasteiger partial charge >= 0.3 is 20.0 Å². The maximum absolute atomic E-state index is 11.8. The number of amides is 1. The molecule has 150 valence electrons. The second-order valence-electron chi connectivity index (χ2n) is 5.16. The van der Waals surface area contributed by atoms with Crippen molar-refractivity contribution in [3.63, 3.8) is 0 Å². The molecule has 0 aliphatic carbocycles. The fraction of sp³-hybridized carbons (Fsp3) is 0.786. The van der Waals surface area contributed by atoms with E-state index in [-0.39, 0.29) is 44.2 Å². The van der Waals surface area contributed by atoms with Gasteiger partial charge in [-0.15, -0.1) is 0 Å². The van der Waals surface area contributed by atoms with Crippen LogP contribution in [0.4, 0.5) is 0 Å². The highest BCUT2D eigenvalue weighted by atomic mass is 32.2. The maximum Gasteiger partial charge on any atom is 0.507 e. The summed E-state index contributed by atoms with van der Waals surface area (Å²) in [6.45, 7) is 3.05. The highest BCUT2D eigenvalue weighted by Gasteiger charge is 2.17. The molecule has 0 aromatic rings. The molecule has 0 spiro atoms. The van der Waals surface area contributed by atoms with Crippen LogP contribution in [0.1, 0.15) is 13.8 Å². The Kier molecular flexibility index (Phi) is 14.1. The van der Waals surface area contributed by atoms with Gasteiger partial charge in [0.25, 0.3) is 0 Å². The summed E-state index contributed by atoms with van der Waals surface area (Å²) >= 11 is 1.30. The first-order chi connectivity index (χ1) is 12.2. The molecule has 4 N–H and O–H groups in total. The lowest BCUT2D eigenvalue weighted by Gasteiger charge is -2.17. The highest BCUT2D eigenvalue weighted by Crippen LogP contribution is 2.10. The predicted octanol–water partition coefficient (Wildman–Crippen LogP) is -0.591. The van der Waals surface area contributed by atoms with E-state index in [9.17, 15) is 18.9 Å². The van der Waals surface area contributed by atoms with Gasteiger partial charge in [0, 0.05) is 31.9 Å². The second-order valence-corrected chi connectivity index (χ2v) is 7.38. The Morgan fingerprint density at radius 2 is 1.88 bits per heavy atom. The van der Waals surface area contributed by atoms with E-state index in [1.54, 1.807) is 0 Å². The molecule has 0 aromatic carbocycles. The summed E-state index contributed by atoms with van der Waals surface area (Å²) in [4.78, 5) is 42.3. The molecule has 10 nitrogen and oxygen atoms in total. The minimum absolute atomic E-state index is 0.0519. The summed E-state index contributed by atoms with van der Waals surface area (Å²) in [6.07, 6.45) is -0.556.